The summed E-state index contributed by atoms with van der Waals surface area (Å²) in [5, 5.41) is 33.5. The molecule has 0 bridgehead atoms. The van der Waals surface area contributed by atoms with Gasteiger partial charge in [-0.1, -0.05) is 5.11 Å². The Morgan fingerprint density at radius 1 is 1.53 bits per heavy atom. The van der Waals surface area contributed by atoms with Crippen LogP contribution in [0.5, 0.6) is 0 Å². The molecule has 0 aliphatic heterocycles. The number of nitro benzene ring substituents is 1. The summed E-state index contributed by atoms with van der Waals surface area (Å²) in [6.45, 7) is 1.63. The normalized spacial score (nSPS) is 13.4. The highest BCUT2D eigenvalue weighted by atomic mass is 16.6. The molecule has 8 heteroatoms. The second-order valence-corrected chi connectivity index (χ2v) is 4.06. The first-order valence-corrected chi connectivity index (χ1v) is 5.59. The fourth-order valence-corrected chi connectivity index (χ4v) is 1.68. The van der Waals surface area contributed by atoms with Crippen LogP contribution in [-0.2, 0) is 0 Å². The third-order valence-corrected chi connectivity index (χ3v) is 2.71. The van der Waals surface area contributed by atoms with Crippen molar-refractivity contribution in [2.24, 2.45) is 5.11 Å². The van der Waals surface area contributed by atoms with Gasteiger partial charge >= 0.3 is 0 Å². The molecule has 2 N–H and O–H groups in total. The molecular weight excluding hydrogens is 252 g/mol. The van der Waals surface area contributed by atoms with Gasteiger partial charge in [0, 0.05) is 23.1 Å². The zero-order chi connectivity index (χ0) is 14.4. The number of aliphatic hydroxyl groups is 2. The predicted octanol–water partition coefficient (Wildman–Crippen LogP) is 2.00. The molecule has 0 saturated heterocycles. The summed E-state index contributed by atoms with van der Waals surface area (Å²) >= 11 is 0. The summed E-state index contributed by atoms with van der Waals surface area (Å²) in [6.07, 6.45) is -2.15. The zero-order valence-corrected chi connectivity index (χ0v) is 10.3. The van der Waals surface area contributed by atoms with Crippen LogP contribution >= 0.6 is 0 Å². The van der Waals surface area contributed by atoms with Crippen molar-refractivity contribution in [3.05, 3.63) is 49.9 Å². The van der Waals surface area contributed by atoms with E-state index in [1.54, 1.807) is 6.92 Å². The van der Waals surface area contributed by atoms with E-state index in [0.29, 0.717) is 11.1 Å². The Kier molecular flexibility index (Phi) is 5.25. The van der Waals surface area contributed by atoms with Gasteiger partial charge < -0.3 is 10.2 Å². The second kappa shape index (κ2) is 6.69. The van der Waals surface area contributed by atoms with Crippen molar-refractivity contribution in [3.8, 4) is 0 Å². The first-order valence-electron chi connectivity index (χ1n) is 5.59. The molecule has 0 amide bonds. The van der Waals surface area contributed by atoms with Crippen molar-refractivity contribution in [1.29, 1.82) is 0 Å². The molecule has 0 heterocycles. The van der Waals surface area contributed by atoms with Gasteiger partial charge in [0.05, 0.1) is 11.0 Å². The first-order chi connectivity index (χ1) is 8.97. The van der Waals surface area contributed by atoms with Crippen LogP contribution in [0.4, 0.5) is 5.69 Å². The third-order valence-electron chi connectivity index (χ3n) is 2.71. The van der Waals surface area contributed by atoms with E-state index in [1.807, 2.05) is 0 Å². The highest BCUT2D eigenvalue weighted by Crippen LogP contribution is 2.25. The molecule has 0 aromatic heterocycles. The standard InChI is InChI=1S/C11H14N4O4/c1-7-6-8(2-3-9(7)15(18)19)11(17)10(16)4-5-13-14-12/h2-3,6,10-11,16-17H,4-5H2,1H3. The van der Waals surface area contributed by atoms with Crippen LogP contribution in [-0.4, -0.2) is 27.8 Å². The van der Waals surface area contributed by atoms with Crippen LogP contribution in [0.1, 0.15) is 23.7 Å². The lowest BCUT2D eigenvalue weighted by Gasteiger charge is -2.17. The Morgan fingerprint density at radius 3 is 2.74 bits per heavy atom. The summed E-state index contributed by atoms with van der Waals surface area (Å²) < 4.78 is 0. The SMILES string of the molecule is Cc1cc(C(O)C(O)CCN=[N+]=[N-])ccc1[N+](=O)[O-]. The van der Waals surface area contributed by atoms with Gasteiger partial charge in [0.25, 0.3) is 5.69 Å². The van der Waals surface area contributed by atoms with Gasteiger partial charge in [0.1, 0.15) is 6.10 Å². The number of nitrogens with zero attached hydrogens (tertiary/aromatic N) is 4. The van der Waals surface area contributed by atoms with E-state index >= 15 is 0 Å². The van der Waals surface area contributed by atoms with Crippen LogP contribution in [0, 0.1) is 17.0 Å². The summed E-state index contributed by atoms with van der Waals surface area (Å²) in [5.41, 5.74) is 8.85. The molecule has 19 heavy (non-hydrogen) atoms. The Hall–Kier alpha value is -2.15. The van der Waals surface area contributed by atoms with Crippen molar-refractivity contribution in [2.45, 2.75) is 25.6 Å². The van der Waals surface area contributed by atoms with Gasteiger partial charge in [0.15, 0.2) is 0 Å². The lowest BCUT2D eigenvalue weighted by Crippen LogP contribution is -2.19. The van der Waals surface area contributed by atoms with Gasteiger partial charge in [-0.05, 0) is 36.6 Å². The lowest BCUT2D eigenvalue weighted by atomic mass is 10.00. The number of nitro groups is 1. The molecule has 2 unspecified atom stereocenters. The van der Waals surface area contributed by atoms with Gasteiger partial charge in [-0.25, -0.2) is 0 Å². The lowest BCUT2D eigenvalue weighted by molar-refractivity contribution is -0.385. The number of hydrogen-bond donors (Lipinski definition) is 2. The minimum absolute atomic E-state index is 0.0421. The fourth-order valence-electron chi connectivity index (χ4n) is 1.68. The molecule has 1 rings (SSSR count). The first kappa shape index (κ1) is 14.9. The van der Waals surface area contributed by atoms with Gasteiger partial charge in [-0.2, -0.15) is 0 Å². The number of rotatable bonds is 6. The van der Waals surface area contributed by atoms with Crippen molar-refractivity contribution in [3.63, 3.8) is 0 Å². The van der Waals surface area contributed by atoms with E-state index in [4.69, 9.17) is 5.53 Å². The Bertz CT molecular complexity index is 513. The largest absolute Gasteiger partial charge is 0.390 e. The maximum atomic E-state index is 10.7. The predicted molar refractivity (Wildman–Crippen MR) is 67.4 cm³/mol. The Labute approximate surface area is 109 Å². The molecule has 102 valence electrons. The highest BCUT2D eigenvalue weighted by molar-refractivity contribution is 5.42. The molecule has 1 aromatic rings. The Balaban J connectivity index is 2.82. The average molecular weight is 266 g/mol. The van der Waals surface area contributed by atoms with Gasteiger partial charge in [-0.15, -0.1) is 0 Å². The zero-order valence-electron chi connectivity index (χ0n) is 10.3. The maximum Gasteiger partial charge on any atom is 0.272 e. The Morgan fingerprint density at radius 2 is 2.21 bits per heavy atom. The van der Waals surface area contributed by atoms with Crippen LogP contribution in [0.25, 0.3) is 10.4 Å². The minimum Gasteiger partial charge on any atom is -0.390 e. The summed E-state index contributed by atoms with van der Waals surface area (Å²) in [4.78, 5) is 12.7. The van der Waals surface area contributed by atoms with Crippen molar-refractivity contribution >= 4 is 5.69 Å². The topological polar surface area (TPSA) is 132 Å². The molecule has 0 spiro atoms. The van der Waals surface area contributed by atoms with Crippen LogP contribution in [0.15, 0.2) is 23.3 Å². The summed E-state index contributed by atoms with van der Waals surface area (Å²) in [5.74, 6) is 0. The number of hydrogen-bond acceptors (Lipinski definition) is 5. The maximum absolute atomic E-state index is 10.7. The summed E-state index contributed by atoms with van der Waals surface area (Å²) in [7, 11) is 0. The van der Waals surface area contributed by atoms with Crippen molar-refractivity contribution in [2.75, 3.05) is 6.54 Å². The molecule has 0 saturated carbocycles. The quantitative estimate of drug-likeness (QED) is 0.268. The summed E-state index contributed by atoms with van der Waals surface area (Å²) in [6, 6.07) is 4.14. The fraction of sp³-hybridized carbons (Fsp3) is 0.455. The molecule has 0 aliphatic carbocycles. The van der Waals surface area contributed by atoms with E-state index in [-0.39, 0.29) is 18.7 Å². The van der Waals surface area contributed by atoms with Crippen LogP contribution < -0.4 is 0 Å². The van der Waals surface area contributed by atoms with Gasteiger partial charge in [-0.3, -0.25) is 10.1 Å². The van der Waals surface area contributed by atoms with Crippen LogP contribution in [0.3, 0.4) is 0 Å². The molecule has 0 radical (unpaired) electrons. The second-order valence-electron chi connectivity index (χ2n) is 4.06. The minimum atomic E-state index is -1.17. The van der Waals surface area contributed by atoms with E-state index < -0.39 is 17.1 Å². The van der Waals surface area contributed by atoms with E-state index in [9.17, 15) is 20.3 Å². The smallest absolute Gasteiger partial charge is 0.272 e. The number of aryl methyl sites for hydroxylation is 1. The highest BCUT2D eigenvalue weighted by Gasteiger charge is 2.20. The third kappa shape index (κ3) is 3.92. The molecule has 8 nitrogen and oxygen atoms in total. The van der Waals surface area contributed by atoms with Gasteiger partial charge in [0.2, 0.25) is 0 Å². The molecule has 0 aliphatic rings. The molecule has 1 aromatic carbocycles. The van der Waals surface area contributed by atoms with Crippen molar-refractivity contribution in [1.82, 2.24) is 0 Å². The average Bonchev–Trinajstić information content (AvgIpc) is 2.37. The number of benzene rings is 1. The van der Waals surface area contributed by atoms with E-state index in [0.717, 1.165) is 0 Å². The number of azide groups is 1. The van der Waals surface area contributed by atoms with Crippen LogP contribution in [0.2, 0.25) is 0 Å². The molecule has 0 fully saturated rings. The van der Waals surface area contributed by atoms with E-state index in [1.165, 1.54) is 18.2 Å². The molecular formula is C11H14N4O4. The van der Waals surface area contributed by atoms with E-state index in [2.05, 4.69) is 10.0 Å². The number of aliphatic hydroxyl groups excluding tert-OH is 2. The van der Waals surface area contributed by atoms with Crippen molar-refractivity contribution < 1.29 is 15.1 Å². The molecule has 2 atom stereocenters. The monoisotopic (exact) mass is 266 g/mol.